The van der Waals surface area contributed by atoms with E-state index in [2.05, 4.69) is 5.32 Å². The van der Waals surface area contributed by atoms with Gasteiger partial charge < -0.3 is 14.8 Å². The number of esters is 1. The highest BCUT2D eigenvalue weighted by molar-refractivity contribution is 5.94. The van der Waals surface area contributed by atoms with Crippen molar-refractivity contribution >= 4 is 23.6 Å². The van der Waals surface area contributed by atoms with Gasteiger partial charge in [0, 0.05) is 17.8 Å². The Morgan fingerprint density at radius 2 is 1.88 bits per heavy atom. The third kappa shape index (κ3) is 5.61. The molecule has 0 heterocycles. The van der Waals surface area contributed by atoms with Crippen molar-refractivity contribution in [3.05, 3.63) is 65.7 Å². The fourth-order valence-corrected chi connectivity index (χ4v) is 1.92. The summed E-state index contributed by atoms with van der Waals surface area (Å²) in [5.74, 6) is -0.359. The molecule has 0 fully saturated rings. The lowest BCUT2D eigenvalue weighted by Crippen LogP contribution is -2.20. The Labute approximate surface area is 140 Å². The van der Waals surface area contributed by atoms with Crippen LogP contribution in [0.3, 0.4) is 0 Å². The van der Waals surface area contributed by atoms with Crippen LogP contribution in [-0.4, -0.2) is 25.6 Å². The fourth-order valence-electron chi connectivity index (χ4n) is 1.92. The Morgan fingerprint density at radius 1 is 1.12 bits per heavy atom. The van der Waals surface area contributed by atoms with E-state index in [9.17, 15) is 9.59 Å². The molecular weight excluding hydrogens is 306 g/mol. The number of amides is 1. The van der Waals surface area contributed by atoms with Crippen LogP contribution in [0.15, 0.2) is 54.6 Å². The van der Waals surface area contributed by atoms with Crippen molar-refractivity contribution < 1.29 is 19.1 Å². The first kappa shape index (κ1) is 17.3. The normalized spacial score (nSPS) is 10.4. The zero-order valence-electron chi connectivity index (χ0n) is 13.6. The zero-order chi connectivity index (χ0) is 17.4. The van der Waals surface area contributed by atoms with Crippen LogP contribution >= 0.6 is 0 Å². The second-order valence-electron chi connectivity index (χ2n) is 5.13. The zero-order valence-corrected chi connectivity index (χ0v) is 13.6. The number of carbonyl (C=O) groups is 2. The molecule has 0 aromatic heterocycles. The number of rotatable bonds is 6. The maximum absolute atomic E-state index is 11.8. The molecular formula is C19H19NO4. The standard InChI is InChI=1S/C19H19NO4/c1-14-6-8-15(9-7-14)10-11-19(22)24-13-18(21)20-16-4-3-5-17(12-16)23-2/h3-12H,13H2,1-2H3,(H,20,21)/b11-10+. The van der Waals surface area contributed by atoms with Gasteiger partial charge in [0.25, 0.3) is 5.91 Å². The van der Waals surface area contributed by atoms with Crippen molar-refractivity contribution in [2.45, 2.75) is 6.92 Å². The minimum Gasteiger partial charge on any atom is -0.497 e. The summed E-state index contributed by atoms with van der Waals surface area (Å²) < 4.78 is 9.98. The molecule has 0 atom stereocenters. The summed E-state index contributed by atoms with van der Waals surface area (Å²) >= 11 is 0. The molecule has 0 spiro atoms. The van der Waals surface area contributed by atoms with E-state index in [1.54, 1.807) is 37.5 Å². The number of hydrogen-bond donors (Lipinski definition) is 1. The molecule has 5 heteroatoms. The maximum Gasteiger partial charge on any atom is 0.331 e. The number of hydrogen-bond acceptors (Lipinski definition) is 4. The van der Waals surface area contributed by atoms with E-state index in [0.29, 0.717) is 11.4 Å². The second-order valence-corrected chi connectivity index (χ2v) is 5.13. The van der Waals surface area contributed by atoms with Gasteiger partial charge in [0.05, 0.1) is 7.11 Å². The molecule has 2 rings (SSSR count). The van der Waals surface area contributed by atoms with E-state index in [1.165, 1.54) is 6.08 Å². The quantitative estimate of drug-likeness (QED) is 0.654. The average Bonchev–Trinajstić information content (AvgIpc) is 2.59. The molecule has 5 nitrogen and oxygen atoms in total. The van der Waals surface area contributed by atoms with Gasteiger partial charge in [-0.25, -0.2) is 4.79 Å². The molecule has 0 radical (unpaired) electrons. The van der Waals surface area contributed by atoms with Crippen molar-refractivity contribution in [1.29, 1.82) is 0 Å². The predicted octanol–water partition coefficient (Wildman–Crippen LogP) is 3.20. The molecule has 0 aliphatic rings. The highest BCUT2D eigenvalue weighted by Crippen LogP contribution is 2.16. The van der Waals surface area contributed by atoms with Gasteiger partial charge in [0.15, 0.2) is 6.61 Å². The fraction of sp³-hybridized carbons (Fsp3) is 0.158. The average molecular weight is 325 g/mol. The topological polar surface area (TPSA) is 64.6 Å². The first-order valence-electron chi connectivity index (χ1n) is 7.42. The number of anilines is 1. The van der Waals surface area contributed by atoms with Crippen molar-refractivity contribution in [3.63, 3.8) is 0 Å². The molecule has 24 heavy (non-hydrogen) atoms. The van der Waals surface area contributed by atoms with Crippen LogP contribution in [0.2, 0.25) is 0 Å². The summed E-state index contributed by atoms with van der Waals surface area (Å²) in [4.78, 5) is 23.4. The monoisotopic (exact) mass is 325 g/mol. The van der Waals surface area contributed by atoms with Gasteiger partial charge in [-0.2, -0.15) is 0 Å². The van der Waals surface area contributed by atoms with Gasteiger partial charge in [0.1, 0.15) is 5.75 Å². The van der Waals surface area contributed by atoms with Crippen LogP contribution in [0, 0.1) is 6.92 Å². The van der Waals surface area contributed by atoms with Gasteiger partial charge in [-0.3, -0.25) is 4.79 Å². The van der Waals surface area contributed by atoms with Crippen molar-refractivity contribution in [3.8, 4) is 5.75 Å². The van der Waals surface area contributed by atoms with E-state index in [4.69, 9.17) is 9.47 Å². The van der Waals surface area contributed by atoms with Crippen LogP contribution in [0.25, 0.3) is 6.08 Å². The van der Waals surface area contributed by atoms with Gasteiger partial charge in [-0.1, -0.05) is 35.9 Å². The lowest BCUT2D eigenvalue weighted by atomic mass is 10.1. The van der Waals surface area contributed by atoms with Crippen molar-refractivity contribution in [2.75, 3.05) is 19.0 Å². The molecule has 0 aliphatic carbocycles. The molecule has 0 bridgehead atoms. The number of aryl methyl sites for hydroxylation is 1. The van der Waals surface area contributed by atoms with Gasteiger partial charge in [0.2, 0.25) is 0 Å². The lowest BCUT2D eigenvalue weighted by Gasteiger charge is -2.07. The van der Waals surface area contributed by atoms with Crippen LogP contribution in [0.5, 0.6) is 5.75 Å². The number of methoxy groups -OCH3 is 1. The van der Waals surface area contributed by atoms with Gasteiger partial charge in [-0.05, 0) is 30.7 Å². The molecule has 2 aromatic carbocycles. The minimum absolute atomic E-state index is 0.353. The third-order valence-corrected chi connectivity index (χ3v) is 3.19. The van der Waals surface area contributed by atoms with E-state index in [-0.39, 0.29) is 6.61 Å². The van der Waals surface area contributed by atoms with E-state index in [1.807, 2.05) is 31.2 Å². The number of ether oxygens (including phenoxy) is 2. The summed E-state index contributed by atoms with van der Waals surface area (Å²) in [6.45, 7) is 1.64. The highest BCUT2D eigenvalue weighted by atomic mass is 16.5. The molecule has 0 saturated heterocycles. The molecule has 1 amide bonds. The largest absolute Gasteiger partial charge is 0.497 e. The van der Waals surface area contributed by atoms with Gasteiger partial charge >= 0.3 is 5.97 Å². The Bertz CT molecular complexity index is 735. The van der Waals surface area contributed by atoms with Crippen LogP contribution in [-0.2, 0) is 14.3 Å². The Morgan fingerprint density at radius 3 is 2.58 bits per heavy atom. The molecule has 0 unspecified atom stereocenters. The van der Waals surface area contributed by atoms with Crippen LogP contribution in [0.1, 0.15) is 11.1 Å². The predicted molar refractivity (Wildman–Crippen MR) is 92.8 cm³/mol. The molecule has 0 saturated carbocycles. The molecule has 1 N–H and O–H groups in total. The van der Waals surface area contributed by atoms with Crippen LogP contribution < -0.4 is 10.1 Å². The summed E-state index contributed by atoms with van der Waals surface area (Å²) in [5, 5.41) is 2.63. The van der Waals surface area contributed by atoms with E-state index < -0.39 is 11.9 Å². The Hall–Kier alpha value is -3.08. The smallest absolute Gasteiger partial charge is 0.331 e. The summed E-state index contributed by atoms with van der Waals surface area (Å²) in [7, 11) is 1.54. The van der Waals surface area contributed by atoms with E-state index >= 15 is 0 Å². The number of benzene rings is 2. The number of carbonyl (C=O) groups excluding carboxylic acids is 2. The maximum atomic E-state index is 11.8. The lowest BCUT2D eigenvalue weighted by molar-refractivity contribution is -0.142. The third-order valence-electron chi connectivity index (χ3n) is 3.19. The number of nitrogens with one attached hydrogen (secondary N) is 1. The Balaban J connectivity index is 1.80. The first-order chi connectivity index (χ1) is 11.6. The van der Waals surface area contributed by atoms with Crippen molar-refractivity contribution in [2.24, 2.45) is 0 Å². The SMILES string of the molecule is COc1cccc(NC(=O)COC(=O)/C=C/c2ccc(C)cc2)c1. The van der Waals surface area contributed by atoms with Gasteiger partial charge in [-0.15, -0.1) is 0 Å². The Kier molecular flexibility index (Phi) is 6.14. The molecule has 2 aromatic rings. The molecule has 0 aliphatic heterocycles. The van der Waals surface area contributed by atoms with Crippen molar-refractivity contribution in [1.82, 2.24) is 0 Å². The first-order valence-corrected chi connectivity index (χ1v) is 7.42. The highest BCUT2D eigenvalue weighted by Gasteiger charge is 2.06. The second kappa shape index (κ2) is 8.53. The summed E-state index contributed by atoms with van der Waals surface area (Å²) in [6, 6.07) is 14.6. The minimum atomic E-state index is -0.573. The van der Waals surface area contributed by atoms with E-state index in [0.717, 1.165) is 11.1 Å². The summed E-state index contributed by atoms with van der Waals surface area (Å²) in [5.41, 5.74) is 2.60. The summed E-state index contributed by atoms with van der Waals surface area (Å²) in [6.07, 6.45) is 2.94. The molecule has 124 valence electrons. The van der Waals surface area contributed by atoms with Crippen LogP contribution in [0.4, 0.5) is 5.69 Å².